The van der Waals surface area contributed by atoms with Crippen LogP contribution in [0.1, 0.15) is 70.1 Å². The fraction of sp³-hybridized carbons (Fsp3) is 0.415. The number of guanidine groups is 2. The average molecular weight is 805 g/mol. The normalized spacial score (nSPS) is 11.8. The summed E-state index contributed by atoms with van der Waals surface area (Å²) in [4.78, 5) is 58.6. The number of carbonyl (C=O) groups excluding carboxylic acids is 3. The van der Waals surface area contributed by atoms with E-state index in [-0.39, 0.29) is 89.1 Å². The molecule has 314 valence electrons. The third kappa shape index (κ3) is 13.4. The van der Waals surface area contributed by atoms with Crippen LogP contribution >= 0.6 is 0 Å². The van der Waals surface area contributed by atoms with E-state index < -0.39 is 36.6 Å². The lowest BCUT2D eigenvalue weighted by atomic mass is 9.95. The highest BCUT2D eigenvalue weighted by Gasteiger charge is 2.24. The number of benzene rings is 2. The van der Waals surface area contributed by atoms with Crippen molar-refractivity contribution in [1.29, 1.82) is 0 Å². The average Bonchev–Trinajstić information content (AvgIpc) is 3.16. The van der Waals surface area contributed by atoms with Gasteiger partial charge in [0.2, 0.25) is 5.43 Å². The summed E-state index contributed by atoms with van der Waals surface area (Å²) < 4.78 is 18.3. The first-order valence-corrected chi connectivity index (χ1v) is 18.8. The van der Waals surface area contributed by atoms with Gasteiger partial charge in [0.25, 0.3) is 5.91 Å². The number of amides is 1. The van der Waals surface area contributed by atoms with E-state index in [9.17, 15) is 29.4 Å². The van der Waals surface area contributed by atoms with Crippen LogP contribution in [0.5, 0.6) is 17.2 Å². The first-order valence-electron chi connectivity index (χ1n) is 18.8. The van der Waals surface area contributed by atoms with E-state index in [4.69, 9.17) is 36.8 Å². The molecule has 0 fully saturated rings. The third-order valence-corrected chi connectivity index (χ3v) is 8.82. The van der Waals surface area contributed by atoms with Gasteiger partial charge >= 0.3 is 0 Å². The van der Waals surface area contributed by atoms with Crippen molar-refractivity contribution in [2.45, 2.75) is 84.9 Å². The molecule has 0 bridgehead atoms. The Morgan fingerprint density at radius 1 is 0.810 bits per heavy atom. The molecule has 0 saturated heterocycles. The SMILES string of the molecule is C=C(COc1cc2oc3cc(OCC(=O)N[C@H](C=O)CCCN=C(N)N)c(CO)c(CC=C(C)C)c3c(=O)c2c(O)c1CC=C(C)C)N[C@H](C=O)CCCN=C(N)N. The van der Waals surface area contributed by atoms with E-state index in [0.717, 1.165) is 17.4 Å². The molecule has 2 aromatic carbocycles. The second-order valence-corrected chi connectivity index (χ2v) is 14.1. The summed E-state index contributed by atoms with van der Waals surface area (Å²) in [5.41, 5.74) is 24.2. The quantitative estimate of drug-likeness (QED) is 0.0161. The predicted octanol–water partition coefficient (Wildman–Crippen LogP) is 2.38. The number of phenolic OH excluding ortho intramolecular Hbond substituents is 1. The zero-order chi connectivity index (χ0) is 42.9. The first kappa shape index (κ1) is 46.0. The van der Waals surface area contributed by atoms with Gasteiger partial charge in [0.05, 0.1) is 24.1 Å². The third-order valence-electron chi connectivity index (χ3n) is 8.82. The van der Waals surface area contributed by atoms with Crippen molar-refractivity contribution in [3.8, 4) is 17.2 Å². The molecule has 17 nitrogen and oxygen atoms in total. The number of aliphatic hydroxyl groups excluding tert-OH is 1. The van der Waals surface area contributed by atoms with E-state index in [0.29, 0.717) is 48.9 Å². The number of rotatable bonds is 24. The zero-order valence-corrected chi connectivity index (χ0v) is 33.6. The number of nitrogens with two attached hydrogens (primary N) is 4. The zero-order valence-electron chi connectivity index (χ0n) is 33.6. The Balaban J connectivity index is 2.07. The molecule has 0 unspecified atom stereocenters. The first-order chi connectivity index (χ1) is 27.6. The molecule has 3 rings (SSSR count). The molecule has 58 heavy (non-hydrogen) atoms. The Labute approximate surface area is 336 Å². The Kier molecular flexibility index (Phi) is 17.8. The number of fused-ring (bicyclic) bond motifs is 2. The minimum Gasteiger partial charge on any atom is -0.507 e. The van der Waals surface area contributed by atoms with Crippen LogP contribution in [0, 0.1) is 0 Å². The topological polar surface area (TPSA) is 293 Å². The number of hydrogen-bond acceptors (Lipinski definition) is 12. The van der Waals surface area contributed by atoms with Crippen molar-refractivity contribution >= 4 is 52.3 Å². The number of nitrogens with zero attached hydrogens (tertiary/aromatic N) is 2. The maximum atomic E-state index is 14.5. The summed E-state index contributed by atoms with van der Waals surface area (Å²) in [5, 5.41) is 28.0. The molecule has 1 heterocycles. The van der Waals surface area contributed by atoms with Crippen molar-refractivity contribution in [1.82, 2.24) is 10.6 Å². The highest BCUT2D eigenvalue weighted by Crippen LogP contribution is 2.39. The highest BCUT2D eigenvalue weighted by atomic mass is 16.5. The maximum absolute atomic E-state index is 14.5. The molecule has 0 aliphatic heterocycles. The molecule has 3 aromatic rings. The number of phenols is 1. The van der Waals surface area contributed by atoms with Crippen molar-refractivity contribution in [2.75, 3.05) is 26.3 Å². The Bertz CT molecular complexity index is 2140. The van der Waals surface area contributed by atoms with Gasteiger partial charge in [0.1, 0.15) is 53.0 Å². The van der Waals surface area contributed by atoms with E-state index in [1.54, 1.807) is 0 Å². The molecule has 0 aliphatic carbocycles. The molecule has 0 spiro atoms. The molecular formula is C41H56N8O9. The van der Waals surface area contributed by atoms with Gasteiger partial charge in [0.15, 0.2) is 18.5 Å². The second kappa shape index (κ2) is 22.4. The van der Waals surface area contributed by atoms with Crippen LogP contribution in [-0.2, 0) is 33.8 Å². The van der Waals surface area contributed by atoms with E-state index in [2.05, 4.69) is 27.2 Å². The standard InChI is InChI=1S/C41H56N8O9/c1-23(2)10-12-28-30(20-52)32(57-22-35(53)49-27(19-51)9-7-15-47-41(44)45)17-33-36(28)39(55)37-34(58-33)16-31(29(38(37)54)13-11-24(3)4)56-21-25(5)48-26(18-50)8-6-14-46-40(42)43/h10-11,16-19,26-27,48,52,54H,5-9,12-15,20-22H2,1-4H3,(H,49,53)(H4,42,43,46)(H4,44,45,47)/t26-,27-/m0/s1. The van der Waals surface area contributed by atoms with Gasteiger partial charge in [-0.25, -0.2) is 0 Å². The van der Waals surface area contributed by atoms with Gasteiger partial charge in [-0.15, -0.1) is 0 Å². The number of aldehydes is 2. The summed E-state index contributed by atoms with van der Waals surface area (Å²) in [6.45, 7) is 11.0. The number of aliphatic imine (C=N–C) groups is 2. The number of aliphatic hydroxyl groups is 1. The number of hydrogen-bond donors (Lipinski definition) is 8. The van der Waals surface area contributed by atoms with Gasteiger partial charge < -0.3 is 67.3 Å². The van der Waals surface area contributed by atoms with Crippen molar-refractivity contribution in [3.05, 3.63) is 74.6 Å². The predicted molar refractivity (Wildman–Crippen MR) is 225 cm³/mol. The number of ether oxygens (including phenoxy) is 2. The molecule has 0 aliphatic rings. The van der Waals surface area contributed by atoms with E-state index in [1.165, 1.54) is 12.1 Å². The van der Waals surface area contributed by atoms with Crippen LogP contribution in [0.15, 0.2) is 66.9 Å². The van der Waals surface area contributed by atoms with E-state index in [1.807, 2.05) is 39.8 Å². The smallest absolute Gasteiger partial charge is 0.258 e. The minimum atomic E-state index is -0.816. The largest absolute Gasteiger partial charge is 0.507 e. The van der Waals surface area contributed by atoms with Gasteiger partial charge in [0, 0.05) is 42.0 Å². The number of nitrogens with one attached hydrogen (secondary N) is 2. The minimum absolute atomic E-state index is 0.00169. The summed E-state index contributed by atoms with van der Waals surface area (Å²) >= 11 is 0. The summed E-state index contributed by atoms with van der Waals surface area (Å²) in [6.07, 6.45) is 7.19. The van der Waals surface area contributed by atoms with Crippen LogP contribution in [0.25, 0.3) is 21.9 Å². The number of aromatic hydroxyl groups is 1. The van der Waals surface area contributed by atoms with Crippen LogP contribution in [0.2, 0.25) is 0 Å². The molecular weight excluding hydrogens is 748 g/mol. The van der Waals surface area contributed by atoms with Crippen molar-refractivity contribution in [3.63, 3.8) is 0 Å². The lowest BCUT2D eigenvalue weighted by Gasteiger charge is -2.19. The molecule has 2 atom stereocenters. The van der Waals surface area contributed by atoms with Crippen LogP contribution < -0.4 is 48.5 Å². The lowest BCUT2D eigenvalue weighted by molar-refractivity contribution is -0.125. The number of carbonyl (C=O) groups is 3. The second-order valence-electron chi connectivity index (χ2n) is 14.1. The van der Waals surface area contributed by atoms with Crippen LogP contribution in [0.3, 0.4) is 0 Å². The Hall–Kier alpha value is -6.36. The van der Waals surface area contributed by atoms with Crippen molar-refractivity contribution < 1.29 is 38.5 Å². The Morgan fingerprint density at radius 3 is 1.83 bits per heavy atom. The van der Waals surface area contributed by atoms with Gasteiger partial charge in [-0.05, 0) is 71.8 Å². The molecule has 1 aromatic heterocycles. The summed E-state index contributed by atoms with van der Waals surface area (Å²) in [7, 11) is 0. The fourth-order valence-electron chi connectivity index (χ4n) is 5.98. The Morgan fingerprint density at radius 2 is 1.31 bits per heavy atom. The lowest BCUT2D eigenvalue weighted by Crippen LogP contribution is -2.39. The van der Waals surface area contributed by atoms with Crippen LogP contribution in [0.4, 0.5) is 0 Å². The molecule has 17 heteroatoms. The summed E-state index contributed by atoms with van der Waals surface area (Å²) in [6, 6.07) is 1.51. The maximum Gasteiger partial charge on any atom is 0.258 e. The monoisotopic (exact) mass is 804 g/mol. The highest BCUT2D eigenvalue weighted by molar-refractivity contribution is 5.97. The van der Waals surface area contributed by atoms with Crippen LogP contribution in [-0.4, -0.2) is 79.0 Å². The molecule has 0 saturated carbocycles. The molecule has 1 amide bonds. The van der Waals surface area contributed by atoms with Gasteiger partial charge in [-0.2, -0.15) is 0 Å². The molecule has 0 radical (unpaired) electrons. The van der Waals surface area contributed by atoms with E-state index >= 15 is 0 Å². The number of allylic oxidation sites excluding steroid dienone is 4. The van der Waals surface area contributed by atoms with Gasteiger partial charge in [-0.3, -0.25) is 19.6 Å². The fourth-order valence-corrected chi connectivity index (χ4v) is 5.98. The summed E-state index contributed by atoms with van der Waals surface area (Å²) in [5.74, 6) is -0.782. The van der Waals surface area contributed by atoms with Gasteiger partial charge in [-0.1, -0.05) is 29.9 Å². The molecule has 12 N–H and O–H groups in total. The van der Waals surface area contributed by atoms with Crippen molar-refractivity contribution in [2.24, 2.45) is 32.9 Å².